The van der Waals surface area contributed by atoms with Gasteiger partial charge in [0.05, 0.1) is 25.3 Å². The smallest absolute Gasteiger partial charge is 0.179 e. The van der Waals surface area contributed by atoms with Gasteiger partial charge in [-0.05, 0) is 25.5 Å². The Morgan fingerprint density at radius 1 is 1.26 bits per heavy atom. The summed E-state index contributed by atoms with van der Waals surface area (Å²) in [4.78, 5) is 0. The lowest BCUT2D eigenvalue weighted by atomic mass is 10.2. The van der Waals surface area contributed by atoms with Crippen LogP contribution in [0.3, 0.4) is 0 Å². The molecular weight excluding hydrogens is 266 g/mol. The van der Waals surface area contributed by atoms with E-state index in [0.717, 1.165) is 18.7 Å². The summed E-state index contributed by atoms with van der Waals surface area (Å²) < 4.78 is 15.9. The average Bonchev–Trinajstić information content (AvgIpc) is 2.40. The third-order valence-corrected chi connectivity index (χ3v) is 3.18. The molecule has 0 radical (unpaired) electrons. The van der Waals surface area contributed by atoms with Crippen molar-refractivity contribution in [3.63, 3.8) is 0 Å². The Hall–Kier alpha value is -0.970. The summed E-state index contributed by atoms with van der Waals surface area (Å²) >= 11 is 6.29. The van der Waals surface area contributed by atoms with Crippen molar-refractivity contribution >= 4 is 11.6 Å². The van der Waals surface area contributed by atoms with E-state index in [9.17, 15) is 0 Å². The van der Waals surface area contributed by atoms with Gasteiger partial charge in [-0.15, -0.1) is 0 Å². The van der Waals surface area contributed by atoms with Gasteiger partial charge in [0.25, 0.3) is 0 Å². The van der Waals surface area contributed by atoms with Crippen LogP contribution in [0.2, 0.25) is 5.02 Å². The fourth-order valence-electron chi connectivity index (χ4n) is 1.82. The summed E-state index contributed by atoms with van der Waals surface area (Å²) in [5, 5.41) is 3.89. The van der Waals surface area contributed by atoms with Crippen LogP contribution < -0.4 is 14.8 Å². The minimum absolute atomic E-state index is 0.184. The molecule has 108 valence electrons. The van der Waals surface area contributed by atoms with Crippen LogP contribution in [0.25, 0.3) is 0 Å². The van der Waals surface area contributed by atoms with Crippen molar-refractivity contribution in [3.05, 3.63) is 22.7 Å². The predicted molar refractivity (Wildman–Crippen MR) is 77.4 cm³/mol. The lowest BCUT2D eigenvalue weighted by molar-refractivity contribution is 0.0759. The fourth-order valence-corrected chi connectivity index (χ4v) is 2.12. The molecule has 0 aliphatic rings. The van der Waals surface area contributed by atoms with Crippen molar-refractivity contribution in [3.8, 4) is 11.5 Å². The topological polar surface area (TPSA) is 39.7 Å². The van der Waals surface area contributed by atoms with Gasteiger partial charge in [0.1, 0.15) is 0 Å². The zero-order valence-electron chi connectivity index (χ0n) is 12.0. The maximum absolute atomic E-state index is 6.29. The average molecular weight is 288 g/mol. The van der Waals surface area contributed by atoms with E-state index >= 15 is 0 Å². The second kappa shape index (κ2) is 8.25. The summed E-state index contributed by atoms with van der Waals surface area (Å²) in [6, 6.07) is 3.79. The molecule has 1 aromatic rings. The molecule has 0 spiro atoms. The van der Waals surface area contributed by atoms with E-state index < -0.39 is 0 Å². The molecule has 5 heteroatoms. The molecule has 1 unspecified atom stereocenters. The van der Waals surface area contributed by atoms with Crippen LogP contribution in [0.15, 0.2) is 12.1 Å². The summed E-state index contributed by atoms with van der Waals surface area (Å²) in [7, 11) is 3.17. The SMILES string of the molecule is CCOC(C)CNCc1ccc(OC)c(OC)c1Cl. The van der Waals surface area contributed by atoms with Gasteiger partial charge < -0.3 is 19.5 Å². The number of rotatable bonds is 8. The number of hydrogen-bond donors (Lipinski definition) is 1. The molecule has 0 saturated carbocycles. The van der Waals surface area contributed by atoms with E-state index in [-0.39, 0.29) is 6.10 Å². The number of methoxy groups -OCH3 is 2. The summed E-state index contributed by atoms with van der Waals surface area (Å²) in [5.74, 6) is 1.21. The molecule has 0 saturated heterocycles. The molecule has 0 aliphatic carbocycles. The van der Waals surface area contributed by atoms with E-state index in [1.54, 1.807) is 14.2 Å². The van der Waals surface area contributed by atoms with Gasteiger partial charge in [-0.1, -0.05) is 17.7 Å². The summed E-state index contributed by atoms with van der Waals surface area (Å²) in [6.07, 6.45) is 0.184. The second-order valence-electron chi connectivity index (χ2n) is 4.17. The van der Waals surface area contributed by atoms with Crippen LogP contribution in [0.5, 0.6) is 11.5 Å². The molecule has 1 rings (SSSR count). The van der Waals surface area contributed by atoms with Gasteiger partial charge in [-0.25, -0.2) is 0 Å². The quantitative estimate of drug-likeness (QED) is 0.798. The van der Waals surface area contributed by atoms with E-state index in [1.165, 1.54) is 0 Å². The molecular formula is C14H22ClNO3. The van der Waals surface area contributed by atoms with E-state index in [0.29, 0.717) is 23.1 Å². The number of halogens is 1. The van der Waals surface area contributed by atoms with Crippen molar-refractivity contribution in [2.75, 3.05) is 27.4 Å². The predicted octanol–water partition coefficient (Wildman–Crippen LogP) is 2.87. The van der Waals surface area contributed by atoms with Crippen molar-refractivity contribution in [2.24, 2.45) is 0 Å². The number of benzene rings is 1. The lowest BCUT2D eigenvalue weighted by Gasteiger charge is -2.15. The van der Waals surface area contributed by atoms with Gasteiger partial charge in [0, 0.05) is 19.7 Å². The Labute approximate surface area is 120 Å². The Balaban J connectivity index is 2.64. The van der Waals surface area contributed by atoms with Crippen LogP contribution in [0.1, 0.15) is 19.4 Å². The van der Waals surface area contributed by atoms with Crippen LogP contribution in [-0.4, -0.2) is 33.5 Å². The van der Waals surface area contributed by atoms with Crippen LogP contribution >= 0.6 is 11.6 Å². The molecule has 0 aliphatic heterocycles. The van der Waals surface area contributed by atoms with Crippen LogP contribution in [-0.2, 0) is 11.3 Å². The Morgan fingerprint density at radius 3 is 2.58 bits per heavy atom. The van der Waals surface area contributed by atoms with Gasteiger partial charge >= 0.3 is 0 Å². The maximum Gasteiger partial charge on any atom is 0.179 e. The normalized spacial score (nSPS) is 12.3. The van der Waals surface area contributed by atoms with Crippen molar-refractivity contribution in [1.82, 2.24) is 5.32 Å². The molecule has 19 heavy (non-hydrogen) atoms. The molecule has 1 atom stereocenters. The highest BCUT2D eigenvalue weighted by Gasteiger charge is 2.12. The van der Waals surface area contributed by atoms with E-state index in [1.807, 2.05) is 26.0 Å². The van der Waals surface area contributed by atoms with Crippen molar-refractivity contribution in [2.45, 2.75) is 26.5 Å². The maximum atomic E-state index is 6.29. The molecule has 4 nitrogen and oxygen atoms in total. The first kappa shape index (κ1) is 16.1. The lowest BCUT2D eigenvalue weighted by Crippen LogP contribution is -2.26. The van der Waals surface area contributed by atoms with Crippen LogP contribution in [0, 0.1) is 0 Å². The number of hydrogen-bond acceptors (Lipinski definition) is 4. The summed E-state index contributed by atoms with van der Waals surface area (Å²) in [6.45, 7) is 6.18. The first-order chi connectivity index (χ1) is 9.13. The third kappa shape index (κ3) is 4.56. The number of ether oxygens (including phenoxy) is 3. The molecule has 0 amide bonds. The molecule has 0 fully saturated rings. The highest BCUT2D eigenvalue weighted by atomic mass is 35.5. The third-order valence-electron chi connectivity index (χ3n) is 2.76. The zero-order valence-corrected chi connectivity index (χ0v) is 12.7. The fraction of sp³-hybridized carbons (Fsp3) is 0.571. The molecule has 1 N–H and O–H groups in total. The Morgan fingerprint density at radius 2 is 2.00 bits per heavy atom. The van der Waals surface area contributed by atoms with Crippen molar-refractivity contribution in [1.29, 1.82) is 0 Å². The van der Waals surface area contributed by atoms with E-state index in [2.05, 4.69) is 5.32 Å². The van der Waals surface area contributed by atoms with Crippen molar-refractivity contribution < 1.29 is 14.2 Å². The van der Waals surface area contributed by atoms with Gasteiger partial charge in [0.15, 0.2) is 11.5 Å². The first-order valence-electron chi connectivity index (χ1n) is 6.35. The molecule has 0 bridgehead atoms. The van der Waals surface area contributed by atoms with E-state index in [4.69, 9.17) is 25.8 Å². The minimum Gasteiger partial charge on any atom is -0.493 e. The second-order valence-corrected chi connectivity index (χ2v) is 4.55. The largest absolute Gasteiger partial charge is 0.493 e. The zero-order chi connectivity index (χ0) is 14.3. The first-order valence-corrected chi connectivity index (χ1v) is 6.73. The highest BCUT2D eigenvalue weighted by Crippen LogP contribution is 2.37. The van der Waals surface area contributed by atoms with Gasteiger partial charge in [-0.2, -0.15) is 0 Å². The standard InChI is InChI=1S/C14H22ClNO3/c1-5-19-10(2)8-16-9-11-6-7-12(17-3)14(18-4)13(11)15/h6-7,10,16H,5,8-9H2,1-4H3. The highest BCUT2D eigenvalue weighted by molar-refractivity contribution is 6.33. The van der Waals surface area contributed by atoms with Gasteiger partial charge in [-0.3, -0.25) is 0 Å². The summed E-state index contributed by atoms with van der Waals surface area (Å²) in [5.41, 5.74) is 0.975. The monoisotopic (exact) mass is 287 g/mol. The van der Waals surface area contributed by atoms with Crippen LogP contribution in [0.4, 0.5) is 0 Å². The molecule has 1 aromatic carbocycles. The Bertz CT molecular complexity index is 399. The van der Waals surface area contributed by atoms with Gasteiger partial charge in [0.2, 0.25) is 0 Å². The molecule has 0 aromatic heterocycles. The molecule has 0 heterocycles. The Kier molecular flexibility index (Phi) is 6.99. The number of nitrogens with one attached hydrogen (secondary N) is 1. The minimum atomic E-state index is 0.184.